The fourth-order valence-corrected chi connectivity index (χ4v) is 1.34. The molecule has 3 heteroatoms. The van der Waals surface area contributed by atoms with E-state index in [1.807, 2.05) is 26.2 Å². The third-order valence-corrected chi connectivity index (χ3v) is 2.15. The minimum atomic E-state index is 0.0528. The Balaban J connectivity index is 2.71. The van der Waals surface area contributed by atoms with Crippen LogP contribution >= 0.6 is 0 Å². The molecule has 14 heavy (non-hydrogen) atoms. The lowest BCUT2D eigenvalue weighted by molar-refractivity contribution is 0.544. The van der Waals surface area contributed by atoms with E-state index in [0.29, 0.717) is 6.54 Å². The van der Waals surface area contributed by atoms with E-state index in [1.54, 1.807) is 9.13 Å². The van der Waals surface area contributed by atoms with Gasteiger partial charge in [0.1, 0.15) is 0 Å². The molecule has 0 spiro atoms. The molecule has 0 aliphatic carbocycles. The predicted octanol–water partition coefficient (Wildman–Crippen LogP) is 1.64. The number of hydrogen-bond acceptors (Lipinski definition) is 1. The summed E-state index contributed by atoms with van der Waals surface area (Å²) < 4.78 is 3.42. The van der Waals surface area contributed by atoms with Gasteiger partial charge in [0.15, 0.2) is 0 Å². The van der Waals surface area contributed by atoms with Gasteiger partial charge in [-0.3, -0.25) is 9.13 Å². The number of rotatable bonds is 4. The molecule has 0 saturated heterocycles. The standard InChI is InChI=1S/C11H16N2O/c1-4-5-6-7-12-8-9-13(10(2)3)11(12)14/h1,8-10H,5-7H2,2-3H3. The highest BCUT2D eigenvalue weighted by Crippen LogP contribution is 2.00. The number of nitrogens with zero attached hydrogens (tertiary/aromatic N) is 2. The van der Waals surface area contributed by atoms with Gasteiger partial charge in [0.05, 0.1) is 0 Å². The highest BCUT2D eigenvalue weighted by Gasteiger charge is 2.04. The van der Waals surface area contributed by atoms with Crippen molar-refractivity contribution >= 4 is 0 Å². The highest BCUT2D eigenvalue weighted by atomic mass is 16.1. The van der Waals surface area contributed by atoms with Crippen LogP contribution in [0.15, 0.2) is 17.2 Å². The molecular weight excluding hydrogens is 176 g/mol. The van der Waals surface area contributed by atoms with E-state index in [2.05, 4.69) is 5.92 Å². The quantitative estimate of drug-likeness (QED) is 0.526. The van der Waals surface area contributed by atoms with Crippen LogP contribution in [0.25, 0.3) is 0 Å². The summed E-state index contributed by atoms with van der Waals surface area (Å²) in [7, 11) is 0. The average molecular weight is 192 g/mol. The van der Waals surface area contributed by atoms with E-state index in [-0.39, 0.29) is 11.7 Å². The van der Waals surface area contributed by atoms with E-state index in [4.69, 9.17) is 6.42 Å². The molecule has 0 bridgehead atoms. The van der Waals surface area contributed by atoms with Gasteiger partial charge in [-0.25, -0.2) is 4.79 Å². The van der Waals surface area contributed by atoms with E-state index in [0.717, 1.165) is 12.8 Å². The number of aromatic nitrogens is 2. The second-order valence-electron chi connectivity index (χ2n) is 3.58. The maximum absolute atomic E-state index is 11.7. The SMILES string of the molecule is C#CCCCn1ccn(C(C)C)c1=O. The lowest BCUT2D eigenvalue weighted by atomic mass is 10.3. The summed E-state index contributed by atoms with van der Waals surface area (Å²) in [6.45, 7) is 4.70. The summed E-state index contributed by atoms with van der Waals surface area (Å²) in [6, 6.07) is 0.219. The van der Waals surface area contributed by atoms with Gasteiger partial charge in [0.25, 0.3) is 0 Å². The third-order valence-electron chi connectivity index (χ3n) is 2.15. The van der Waals surface area contributed by atoms with Gasteiger partial charge in [-0.2, -0.15) is 0 Å². The zero-order chi connectivity index (χ0) is 10.6. The Morgan fingerprint density at radius 1 is 1.50 bits per heavy atom. The largest absolute Gasteiger partial charge is 0.328 e. The molecule has 0 N–H and O–H groups in total. The van der Waals surface area contributed by atoms with Crippen LogP contribution in [-0.2, 0) is 6.54 Å². The van der Waals surface area contributed by atoms with Crippen molar-refractivity contribution in [2.24, 2.45) is 0 Å². The fraction of sp³-hybridized carbons (Fsp3) is 0.545. The summed E-state index contributed by atoms with van der Waals surface area (Å²) in [4.78, 5) is 11.7. The first kappa shape index (κ1) is 10.6. The van der Waals surface area contributed by atoms with Crippen molar-refractivity contribution in [1.82, 2.24) is 9.13 Å². The third kappa shape index (κ3) is 2.29. The van der Waals surface area contributed by atoms with Crippen molar-refractivity contribution in [3.63, 3.8) is 0 Å². The monoisotopic (exact) mass is 192 g/mol. The molecule has 1 heterocycles. The Labute approximate surface area is 84.4 Å². The fourth-order valence-electron chi connectivity index (χ4n) is 1.34. The molecule has 0 unspecified atom stereocenters. The first-order valence-electron chi connectivity index (χ1n) is 4.87. The molecule has 1 aromatic heterocycles. The lowest BCUT2D eigenvalue weighted by Gasteiger charge is -2.04. The Kier molecular flexibility index (Phi) is 3.58. The van der Waals surface area contributed by atoms with Gasteiger partial charge in [-0.1, -0.05) is 0 Å². The molecule has 1 aromatic rings. The van der Waals surface area contributed by atoms with Gasteiger partial charge >= 0.3 is 5.69 Å². The second-order valence-corrected chi connectivity index (χ2v) is 3.58. The molecule has 0 saturated carbocycles. The molecule has 0 amide bonds. The Morgan fingerprint density at radius 2 is 2.21 bits per heavy atom. The highest BCUT2D eigenvalue weighted by molar-refractivity contribution is 4.86. The second kappa shape index (κ2) is 4.71. The lowest BCUT2D eigenvalue weighted by Crippen LogP contribution is -2.25. The average Bonchev–Trinajstić information content (AvgIpc) is 2.48. The normalized spacial score (nSPS) is 10.4. The van der Waals surface area contributed by atoms with Crippen molar-refractivity contribution < 1.29 is 0 Å². The van der Waals surface area contributed by atoms with Crippen LogP contribution in [0, 0.1) is 12.3 Å². The Morgan fingerprint density at radius 3 is 2.71 bits per heavy atom. The van der Waals surface area contributed by atoms with E-state index < -0.39 is 0 Å². The zero-order valence-electron chi connectivity index (χ0n) is 8.73. The minimum Gasteiger partial charge on any atom is -0.299 e. The van der Waals surface area contributed by atoms with Crippen LogP contribution in [0.1, 0.15) is 32.7 Å². The topological polar surface area (TPSA) is 26.9 Å². The minimum absolute atomic E-state index is 0.0528. The molecule has 1 rings (SSSR count). The maximum Gasteiger partial charge on any atom is 0.328 e. The van der Waals surface area contributed by atoms with Gasteiger partial charge in [-0.05, 0) is 20.3 Å². The van der Waals surface area contributed by atoms with Gasteiger partial charge in [0, 0.05) is 31.4 Å². The molecule has 0 radical (unpaired) electrons. The predicted molar refractivity (Wildman–Crippen MR) is 57.1 cm³/mol. The van der Waals surface area contributed by atoms with E-state index in [9.17, 15) is 4.79 Å². The molecule has 0 atom stereocenters. The van der Waals surface area contributed by atoms with Crippen LogP contribution in [0.2, 0.25) is 0 Å². The smallest absolute Gasteiger partial charge is 0.299 e. The zero-order valence-corrected chi connectivity index (χ0v) is 8.73. The molecular formula is C11H16N2O. The summed E-state index contributed by atoms with van der Waals surface area (Å²) in [5.41, 5.74) is 0.0528. The van der Waals surface area contributed by atoms with Crippen LogP contribution in [-0.4, -0.2) is 9.13 Å². The van der Waals surface area contributed by atoms with Crippen molar-refractivity contribution in [3.05, 3.63) is 22.9 Å². The van der Waals surface area contributed by atoms with Crippen LogP contribution < -0.4 is 5.69 Å². The van der Waals surface area contributed by atoms with E-state index in [1.165, 1.54) is 0 Å². The number of hydrogen-bond donors (Lipinski definition) is 0. The number of unbranched alkanes of at least 4 members (excludes halogenated alkanes) is 1. The van der Waals surface area contributed by atoms with Crippen molar-refractivity contribution in [2.45, 2.75) is 39.3 Å². The van der Waals surface area contributed by atoms with Crippen LogP contribution in [0.5, 0.6) is 0 Å². The first-order chi connectivity index (χ1) is 6.66. The van der Waals surface area contributed by atoms with Crippen molar-refractivity contribution in [1.29, 1.82) is 0 Å². The van der Waals surface area contributed by atoms with Crippen molar-refractivity contribution in [2.75, 3.05) is 0 Å². The van der Waals surface area contributed by atoms with Gasteiger partial charge < -0.3 is 0 Å². The van der Waals surface area contributed by atoms with Crippen molar-refractivity contribution in [3.8, 4) is 12.3 Å². The number of aryl methyl sites for hydroxylation is 1. The molecule has 0 aliphatic rings. The van der Waals surface area contributed by atoms with E-state index >= 15 is 0 Å². The van der Waals surface area contributed by atoms with Crippen LogP contribution in [0.3, 0.4) is 0 Å². The molecule has 0 fully saturated rings. The number of imidazole rings is 1. The summed E-state index contributed by atoms with van der Waals surface area (Å²) in [5, 5.41) is 0. The summed E-state index contributed by atoms with van der Waals surface area (Å²) in [5.74, 6) is 2.56. The Bertz CT molecular complexity index is 379. The molecule has 0 aliphatic heterocycles. The van der Waals surface area contributed by atoms with Crippen LogP contribution in [0.4, 0.5) is 0 Å². The molecule has 3 nitrogen and oxygen atoms in total. The molecule has 0 aromatic carbocycles. The Hall–Kier alpha value is -1.43. The maximum atomic E-state index is 11.7. The van der Waals surface area contributed by atoms with Gasteiger partial charge in [0.2, 0.25) is 0 Å². The summed E-state index contributed by atoms with van der Waals surface area (Å²) >= 11 is 0. The summed E-state index contributed by atoms with van der Waals surface area (Å²) in [6.07, 6.45) is 10.4. The first-order valence-corrected chi connectivity index (χ1v) is 4.87. The van der Waals surface area contributed by atoms with Gasteiger partial charge in [-0.15, -0.1) is 12.3 Å². The number of terminal acetylenes is 1. The molecule has 76 valence electrons.